The second kappa shape index (κ2) is 12.7. The molecule has 0 bridgehead atoms. The highest BCUT2D eigenvalue weighted by Gasteiger charge is 2.32. The molecule has 4 aromatic heterocycles. The third kappa shape index (κ3) is 6.64. The molecule has 180 valence electrons. The summed E-state index contributed by atoms with van der Waals surface area (Å²) in [6.45, 7) is 0. The zero-order valence-corrected chi connectivity index (χ0v) is 26.2. The van der Waals surface area contributed by atoms with Crippen LogP contribution in [0.15, 0.2) is 128 Å². The van der Waals surface area contributed by atoms with Gasteiger partial charge in [0.05, 0.1) is 33.8 Å². The van der Waals surface area contributed by atoms with Gasteiger partial charge in [0, 0.05) is 12.4 Å². The van der Waals surface area contributed by atoms with Crippen molar-refractivity contribution in [3.05, 3.63) is 109 Å². The van der Waals surface area contributed by atoms with Crippen molar-refractivity contribution in [2.45, 2.75) is 18.5 Å². The van der Waals surface area contributed by atoms with E-state index >= 15 is 0 Å². The highest BCUT2D eigenvalue weighted by atomic mass is 32.3. The van der Waals surface area contributed by atoms with Crippen LogP contribution in [0.5, 0.6) is 0 Å². The smallest absolute Gasteiger partial charge is 0.101 e. The number of hydrogen-bond acceptors (Lipinski definition) is 12. The highest BCUT2D eigenvalue weighted by Crippen LogP contribution is 2.68. The van der Waals surface area contributed by atoms with E-state index in [-0.39, 0.29) is 0 Å². The Morgan fingerprint density at radius 2 is 0.917 bits per heavy atom. The lowest BCUT2D eigenvalue weighted by molar-refractivity contribution is 1.14. The van der Waals surface area contributed by atoms with Crippen molar-refractivity contribution in [2.75, 3.05) is 0 Å². The molecular formula is C24H14N2S10. The van der Waals surface area contributed by atoms with E-state index in [1.165, 1.54) is 33.8 Å². The van der Waals surface area contributed by atoms with Crippen molar-refractivity contribution < 1.29 is 0 Å². The number of rotatable bonds is 8. The number of nitrogens with zero attached hydrogens (tertiary/aromatic N) is 2. The predicted molar refractivity (Wildman–Crippen MR) is 172 cm³/mol. The van der Waals surface area contributed by atoms with Crippen LogP contribution in [0.2, 0.25) is 0 Å². The Balaban J connectivity index is 1.27. The summed E-state index contributed by atoms with van der Waals surface area (Å²) in [5.41, 5.74) is 0. The molecule has 0 saturated heterocycles. The largest absolute Gasteiger partial charge is 0.250 e. The molecule has 12 heteroatoms. The molecule has 6 heterocycles. The first kappa shape index (κ1) is 26.0. The Kier molecular flexibility index (Phi) is 9.17. The van der Waals surface area contributed by atoms with E-state index < -0.39 is 0 Å². The summed E-state index contributed by atoms with van der Waals surface area (Å²) in [5, 5.41) is 6.32. The van der Waals surface area contributed by atoms with E-state index in [0.717, 1.165) is 10.1 Å². The van der Waals surface area contributed by atoms with Crippen molar-refractivity contribution in [2.24, 2.45) is 0 Å². The molecule has 4 aromatic rings. The maximum Gasteiger partial charge on any atom is 0.101 e. The fourth-order valence-electron chi connectivity index (χ4n) is 2.79. The summed E-state index contributed by atoms with van der Waals surface area (Å²) in [6, 6.07) is 20.8. The van der Waals surface area contributed by atoms with E-state index in [9.17, 15) is 0 Å². The molecule has 0 aliphatic carbocycles. The third-order valence-electron chi connectivity index (χ3n) is 4.29. The Morgan fingerprint density at radius 1 is 0.472 bits per heavy atom. The van der Waals surface area contributed by atoms with Gasteiger partial charge in [0.25, 0.3) is 0 Å². The van der Waals surface area contributed by atoms with Crippen molar-refractivity contribution >= 4 is 117 Å². The molecule has 0 atom stereocenters. The molecule has 0 saturated carbocycles. The van der Waals surface area contributed by atoms with Crippen LogP contribution in [-0.2, 0) is 0 Å². The Bertz CT molecular complexity index is 1310. The van der Waals surface area contributed by atoms with Crippen LogP contribution in [0.3, 0.4) is 0 Å². The molecule has 36 heavy (non-hydrogen) atoms. The van der Waals surface area contributed by atoms with Crippen molar-refractivity contribution in [3.8, 4) is 0 Å². The summed E-state index contributed by atoms with van der Waals surface area (Å²) in [4.78, 5) is 9.11. The summed E-state index contributed by atoms with van der Waals surface area (Å²) >= 11 is 18.4. The molecule has 0 amide bonds. The van der Waals surface area contributed by atoms with Gasteiger partial charge in [0.15, 0.2) is 0 Å². The summed E-state index contributed by atoms with van der Waals surface area (Å²) in [6.07, 6.45) is 3.71. The third-order valence-corrected chi connectivity index (χ3v) is 17.5. The van der Waals surface area contributed by atoms with Crippen LogP contribution in [0.25, 0.3) is 0 Å². The summed E-state index contributed by atoms with van der Waals surface area (Å²) < 4.78 is 10.6. The van der Waals surface area contributed by atoms with Gasteiger partial charge in [-0.1, -0.05) is 118 Å². The Labute approximate surface area is 251 Å². The van der Waals surface area contributed by atoms with Crippen molar-refractivity contribution in [3.63, 3.8) is 0 Å². The molecule has 0 aromatic carbocycles. The van der Waals surface area contributed by atoms with Crippen LogP contribution in [0, 0.1) is 0 Å². The van der Waals surface area contributed by atoms with Gasteiger partial charge in [0.1, 0.15) is 10.1 Å². The van der Waals surface area contributed by atoms with Gasteiger partial charge in [-0.3, -0.25) is 0 Å². The molecule has 0 N–H and O–H groups in total. The van der Waals surface area contributed by atoms with Gasteiger partial charge < -0.3 is 0 Å². The van der Waals surface area contributed by atoms with Gasteiger partial charge in [-0.15, -0.1) is 22.7 Å². The monoisotopic (exact) mass is 650 g/mol. The average Bonchev–Trinajstić information content (AvgIpc) is 3.71. The van der Waals surface area contributed by atoms with Gasteiger partial charge in [-0.2, -0.15) is 0 Å². The first-order valence-corrected chi connectivity index (χ1v) is 18.6. The maximum atomic E-state index is 4.56. The fraction of sp³-hybridized carbons (Fsp3) is 0. The quantitative estimate of drug-likeness (QED) is 0.183. The van der Waals surface area contributed by atoms with Gasteiger partial charge in [-0.05, 0) is 47.2 Å². The standard InChI is InChI=1S/C24H14N2S10/c1-3-11-25-15(7-1)29-19-20(30-16-8-2-4-12-26-16)34-23(33-19)24-35-21(31-17-9-5-13-27-17)22(36-24)32-18-10-6-14-28-18/h1-14H. The number of aromatic nitrogens is 2. The molecule has 0 radical (unpaired) electrons. The van der Waals surface area contributed by atoms with Crippen LogP contribution in [0.1, 0.15) is 0 Å². The SMILES string of the molecule is c1ccc(SC2=C(Sc3ccccn3)SC(=C3SC(Sc4cccs4)=C(Sc4cccs4)S3)S2)nc1. The van der Waals surface area contributed by atoms with E-state index in [1.54, 1.807) is 46.2 Å². The minimum Gasteiger partial charge on any atom is -0.250 e. The first-order valence-electron chi connectivity index (χ1n) is 10.3. The molecular weight excluding hydrogens is 637 g/mol. The van der Waals surface area contributed by atoms with Crippen LogP contribution < -0.4 is 0 Å². The average molecular weight is 651 g/mol. The van der Waals surface area contributed by atoms with E-state index in [4.69, 9.17) is 0 Å². The van der Waals surface area contributed by atoms with Gasteiger partial charge in [-0.25, -0.2) is 9.97 Å². The second-order valence-corrected chi connectivity index (χ2v) is 19.0. The molecule has 2 aliphatic rings. The molecule has 0 unspecified atom stereocenters. The van der Waals surface area contributed by atoms with Crippen molar-refractivity contribution in [1.82, 2.24) is 9.97 Å². The lowest BCUT2D eigenvalue weighted by Crippen LogP contribution is -1.79. The fourth-order valence-corrected chi connectivity index (χ4v) is 16.1. The molecule has 0 fully saturated rings. The lowest BCUT2D eigenvalue weighted by atomic mass is 10.5. The maximum absolute atomic E-state index is 4.56. The summed E-state index contributed by atoms with van der Waals surface area (Å²) in [5.74, 6) is 0. The number of hydrogen-bond donors (Lipinski definition) is 0. The van der Waals surface area contributed by atoms with Crippen LogP contribution in [-0.4, -0.2) is 9.97 Å². The van der Waals surface area contributed by atoms with Crippen LogP contribution in [0.4, 0.5) is 0 Å². The summed E-state index contributed by atoms with van der Waals surface area (Å²) in [7, 11) is 0. The highest BCUT2D eigenvalue weighted by molar-refractivity contribution is 8.45. The van der Waals surface area contributed by atoms with E-state index in [0.29, 0.717) is 0 Å². The molecule has 6 rings (SSSR count). The second-order valence-electron chi connectivity index (χ2n) is 6.74. The number of pyridine rings is 2. The zero-order valence-electron chi connectivity index (χ0n) is 18.1. The Hall–Kier alpha value is -0.280. The van der Waals surface area contributed by atoms with Crippen molar-refractivity contribution in [1.29, 1.82) is 0 Å². The van der Waals surface area contributed by atoms with Gasteiger partial charge >= 0.3 is 0 Å². The lowest BCUT2D eigenvalue weighted by Gasteiger charge is -2.03. The first-order chi connectivity index (χ1) is 17.8. The Morgan fingerprint density at radius 3 is 1.28 bits per heavy atom. The van der Waals surface area contributed by atoms with Gasteiger partial charge in [0.2, 0.25) is 0 Å². The number of thioether (sulfide) groups is 8. The predicted octanol–water partition coefficient (Wildman–Crippen LogP) is 11.4. The number of thiophene rings is 2. The normalized spacial score (nSPS) is 16.0. The molecule has 0 spiro atoms. The molecule has 2 aliphatic heterocycles. The topological polar surface area (TPSA) is 25.8 Å². The minimum absolute atomic E-state index is 1.01. The van der Waals surface area contributed by atoms with Crippen LogP contribution >= 0.6 is 117 Å². The van der Waals surface area contributed by atoms with E-state index in [1.807, 2.05) is 107 Å². The zero-order chi connectivity index (χ0) is 24.2. The van der Waals surface area contributed by atoms with E-state index in [2.05, 4.69) is 57.1 Å². The molecule has 2 nitrogen and oxygen atoms in total. The minimum atomic E-state index is 1.01.